The fourth-order valence-electron chi connectivity index (χ4n) is 0. The van der Waals surface area contributed by atoms with Crippen LogP contribution >= 0.6 is 30.1 Å². The molecule has 0 saturated heterocycles. The molecular weight excluding hydrogens is 170 g/mol. The zero-order chi connectivity index (χ0) is 3.58. The summed E-state index contributed by atoms with van der Waals surface area (Å²) in [5, 5.41) is 0. The van der Waals surface area contributed by atoms with Crippen molar-refractivity contribution in [3.8, 4) is 0 Å². The van der Waals surface area contributed by atoms with Gasteiger partial charge in [0.05, 0.1) is 0 Å². The van der Waals surface area contributed by atoms with Gasteiger partial charge in [-0.2, -0.15) is 0 Å². The summed E-state index contributed by atoms with van der Waals surface area (Å²) in [4.78, 5) is 0. The summed E-state index contributed by atoms with van der Waals surface area (Å²) < 4.78 is 0. The van der Waals surface area contributed by atoms with Crippen LogP contribution in [0.3, 0.4) is 0 Å². The first-order valence-electron chi connectivity index (χ1n) is 0.463. The van der Waals surface area contributed by atoms with Crippen LogP contribution in [0.4, 0.5) is 0 Å². The van der Waals surface area contributed by atoms with Crippen LogP contribution < -0.4 is 0 Å². The summed E-state index contributed by atoms with van der Waals surface area (Å²) in [6.07, 6.45) is 0. The Morgan fingerprint density at radius 2 is 1.00 bits per heavy atom. The second-order valence-electron chi connectivity index (χ2n) is 0.175. The van der Waals surface area contributed by atoms with Crippen molar-refractivity contribution < 1.29 is 11.4 Å². The maximum absolute atomic E-state index is 4.93. The molecule has 34 valence electrons. The van der Waals surface area contributed by atoms with Crippen molar-refractivity contribution in [2.75, 3.05) is 0 Å². The number of halogens is 3. The number of hydrogen-bond donors (Lipinski definition) is 0. The van der Waals surface area contributed by atoms with Crippen LogP contribution in [0.1, 0.15) is 0 Å². The molecule has 0 unspecified atom stereocenters. The van der Waals surface area contributed by atoms with Gasteiger partial charge in [0.1, 0.15) is 0 Å². The van der Waals surface area contributed by atoms with E-state index >= 15 is 0 Å². The van der Waals surface area contributed by atoms with Crippen LogP contribution in [-0.4, -0.2) is 0 Å². The van der Waals surface area contributed by atoms with Crippen molar-refractivity contribution in [2.45, 2.75) is 0 Å². The van der Waals surface area contributed by atoms with E-state index in [0.29, 0.717) is 0 Å². The number of hydrogen-bond acceptors (Lipinski definition) is 0. The molecule has 5 heavy (non-hydrogen) atoms. The van der Waals surface area contributed by atoms with Gasteiger partial charge in [-0.05, 0) is 0 Å². The molecule has 1 radical (unpaired) electrons. The van der Waals surface area contributed by atoms with E-state index < -0.39 is 11.4 Å². The van der Waals surface area contributed by atoms with Crippen molar-refractivity contribution in [3.05, 3.63) is 7.43 Å². The van der Waals surface area contributed by atoms with Crippen molar-refractivity contribution in [2.24, 2.45) is 0 Å². The van der Waals surface area contributed by atoms with E-state index in [2.05, 4.69) is 0 Å². The Balaban J connectivity index is 0. The molecule has 0 rings (SSSR count). The van der Waals surface area contributed by atoms with Crippen LogP contribution in [0.25, 0.3) is 0 Å². The van der Waals surface area contributed by atoms with Gasteiger partial charge in [-0.15, -0.1) is 0 Å². The fourth-order valence-corrected chi connectivity index (χ4v) is 0. The topological polar surface area (TPSA) is 0 Å². The van der Waals surface area contributed by atoms with Gasteiger partial charge in [-0.1, -0.05) is 7.43 Å². The molecule has 0 nitrogen and oxygen atoms in total. The Morgan fingerprint density at radius 1 is 1.00 bits per heavy atom. The summed E-state index contributed by atoms with van der Waals surface area (Å²) in [6.45, 7) is 0. The molecule has 0 aromatic rings. The van der Waals surface area contributed by atoms with Gasteiger partial charge < -0.3 is 0 Å². The molecule has 0 bridgehead atoms. The Hall–Kier alpha value is 1.40. The third-order valence-corrected chi connectivity index (χ3v) is 0. The first-order chi connectivity index (χ1) is 1.73. The van der Waals surface area contributed by atoms with Crippen LogP contribution in [0, 0.1) is 7.43 Å². The Labute approximate surface area is 49.0 Å². The Kier molecular flexibility index (Phi) is 10.4. The van der Waals surface area contributed by atoms with Crippen LogP contribution in [-0.2, 0) is 11.4 Å². The maximum atomic E-state index is 4.93. The standard InChI is InChI=1S/CH3.3ClH.Cr/h1H3;3*1H;/q;;;;+3/p-3. The molecule has 0 N–H and O–H groups in total. The Morgan fingerprint density at radius 3 is 1.00 bits per heavy atom. The van der Waals surface area contributed by atoms with Crippen LogP contribution in [0.5, 0.6) is 0 Å². The molecule has 0 heterocycles. The average Bonchev–Trinajstić information content (AvgIpc) is 0.811. The molecule has 0 atom stereocenters. The molecule has 0 aromatic carbocycles. The van der Waals surface area contributed by atoms with E-state index in [1.165, 1.54) is 0 Å². The molecule has 0 aliphatic carbocycles. The summed E-state index contributed by atoms with van der Waals surface area (Å²) in [5.74, 6) is 0. The van der Waals surface area contributed by atoms with Crippen molar-refractivity contribution in [1.29, 1.82) is 0 Å². The molecule has 0 aliphatic rings. The van der Waals surface area contributed by atoms with Crippen molar-refractivity contribution in [1.82, 2.24) is 0 Å². The molecule has 0 aliphatic heterocycles. The first kappa shape index (κ1) is 9.64. The van der Waals surface area contributed by atoms with E-state index in [0.717, 1.165) is 0 Å². The normalized spacial score (nSPS) is 7.20. The molecule has 0 aromatic heterocycles. The summed E-state index contributed by atoms with van der Waals surface area (Å²) in [5.41, 5.74) is 0. The molecule has 0 spiro atoms. The summed E-state index contributed by atoms with van der Waals surface area (Å²) in [6, 6.07) is 0. The molecule has 0 fully saturated rings. The number of rotatable bonds is 0. The predicted octanol–water partition coefficient (Wildman–Crippen LogP) is 2.52. The quantitative estimate of drug-likeness (QED) is 0.528. The van der Waals surface area contributed by atoms with Crippen molar-refractivity contribution in [3.63, 3.8) is 0 Å². The zero-order valence-electron chi connectivity index (χ0n) is 2.54. The zero-order valence-corrected chi connectivity index (χ0v) is 6.08. The fraction of sp³-hybridized carbons (Fsp3) is 0. The van der Waals surface area contributed by atoms with Gasteiger partial charge in [0.25, 0.3) is 0 Å². The third kappa shape index (κ3) is 31.8. The minimum atomic E-state index is -1.62. The van der Waals surface area contributed by atoms with Gasteiger partial charge in [-0.3, -0.25) is 0 Å². The first-order valence-corrected chi connectivity index (χ1v) is 5.73. The van der Waals surface area contributed by atoms with Gasteiger partial charge in [-0.25, -0.2) is 0 Å². The molecule has 0 amide bonds. The molecule has 0 saturated carbocycles. The minimum absolute atomic E-state index is 0. The van der Waals surface area contributed by atoms with Gasteiger partial charge in [0.15, 0.2) is 0 Å². The van der Waals surface area contributed by atoms with Gasteiger partial charge in [0, 0.05) is 0 Å². The third-order valence-electron chi connectivity index (χ3n) is 0. The Bertz CT molecular complexity index is 11.6. The molecule has 4 heteroatoms. The van der Waals surface area contributed by atoms with E-state index in [-0.39, 0.29) is 7.43 Å². The van der Waals surface area contributed by atoms with Crippen LogP contribution in [0.15, 0.2) is 0 Å². The molecular formula is CH3Cl3Cr. The average molecular weight is 173 g/mol. The predicted molar refractivity (Wildman–Crippen MR) is 24.0 cm³/mol. The van der Waals surface area contributed by atoms with Gasteiger partial charge >= 0.3 is 41.5 Å². The van der Waals surface area contributed by atoms with E-state index in [4.69, 9.17) is 30.1 Å². The van der Waals surface area contributed by atoms with E-state index in [1.54, 1.807) is 0 Å². The van der Waals surface area contributed by atoms with E-state index in [9.17, 15) is 0 Å². The summed E-state index contributed by atoms with van der Waals surface area (Å²) >= 11 is -1.62. The SMILES string of the molecule is [CH3].[Cl][Cr]([Cl])[Cl]. The summed E-state index contributed by atoms with van der Waals surface area (Å²) in [7, 11) is 14.8. The van der Waals surface area contributed by atoms with Crippen molar-refractivity contribution >= 4 is 30.1 Å². The van der Waals surface area contributed by atoms with Gasteiger partial charge in [0.2, 0.25) is 0 Å². The second kappa shape index (κ2) is 5.40. The second-order valence-corrected chi connectivity index (χ2v) is 6.49. The van der Waals surface area contributed by atoms with E-state index in [1.807, 2.05) is 0 Å². The van der Waals surface area contributed by atoms with Crippen LogP contribution in [0.2, 0.25) is 0 Å². The monoisotopic (exact) mass is 172 g/mol.